The third kappa shape index (κ3) is 23.5. The summed E-state index contributed by atoms with van der Waals surface area (Å²) < 4.78 is 75.4. The van der Waals surface area contributed by atoms with Crippen LogP contribution in [-0.2, 0) is 62.7 Å². The molecular weight excluding hydrogens is 1420 g/mol. The van der Waals surface area contributed by atoms with E-state index < -0.39 is 29.1 Å². The van der Waals surface area contributed by atoms with E-state index in [1.165, 1.54) is 51.5 Å². The molecule has 0 bridgehead atoms. The number of hydrogen-bond acceptors (Lipinski definition) is 19. The maximum Gasteiger partial charge on any atom is 0.261 e. The summed E-state index contributed by atoms with van der Waals surface area (Å²) in [6, 6.07) is 57.4. The SMILES string of the molecule is CNCCC(=O)Cc1ccc(N2CCN(c3ccncc3)CC2)cc1.Cc1ccccc1S(=O)(=O)Cl.Cc1ccccc1S(=O)(=O)N(C)CCC(=O)Cc1ccc(N2CCN(c3ccncc3)CC2)cc1.Cc1ccccc1S(=O)(=O)N(C)CCC(=O)Cc1ccc(N2CCN(c3ccncc3)CC2)cc1. The molecule has 6 heterocycles. The molecule has 9 aromatic rings. The van der Waals surface area contributed by atoms with E-state index in [-0.39, 0.29) is 58.0 Å². The first kappa shape index (κ1) is 80.7. The van der Waals surface area contributed by atoms with Crippen LogP contribution >= 0.6 is 10.7 Å². The molecule has 0 atom stereocenters. The highest BCUT2D eigenvalue weighted by Crippen LogP contribution is 2.27. The van der Waals surface area contributed by atoms with Crippen molar-refractivity contribution in [3.05, 3.63) is 253 Å². The highest BCUT2D eigenvalue weighted by Gasteiger charge is 2.26. The van der Waals surface area contributed by atoms with Crippen molar-refractivity contribution >= 4 is 91.3 Å². The van der Waals surface area contributed by atoms with Gasteiger partial charge in [-0.1, -0.05) is 91.0 Å². The lowest BCUT2D eigenvalue weighted by atomic mass is 10.1. The van der Waals surface area contributed by atoms with E-state index in [4.69, 9.17) is 10.7 Å². The smallest absolute Gasteiger partial charge is 0.261 e. The number of pyridine rings is 3. The van der Waals surface area contributed by atoms with Gasteiger partial charge < -0.3 is 34.7 Å². The van der Waals surface area contributed by atoms with Crippen LogP contribution in [0, 0.1) is 20.8 Å². The Morgan fingerprint density at radius 1 is 0.358 bits per heavy atom. The zero-order valence-corrected chi connectivity index (χ0v) is 64.5. The van der Waals surface area contributed by atoms with Crippen LogP contribution in [0.3, 0.4) is 0 Å². The topological polar surface area (TPSA) is 230 Å². The van der Waals surface area contributed by atoms with Crippen LogP contribution in [0.2, 0.25) is 0 Å². The molecule has 12 rings (SSSR count). The number of halogens is 1. The number of nitrogens with one attached hydrogen (secondary N) is 1. The number of ketones is 3. The fourth-order valence-electron chi connectivity index (χ4n) is 12.7. The number of Topliss-reactive ketones (excluding diaryl/α,β-unsaturated/α-hetero) is 3. The summed E-state index contributed by atoms with van der Waals surface area (Å²) in [6.07, 6.45) is 13.1. The molecule has 3 aromatic heterocycles. The number of benzene rings is 6. The van der Waals surface area contributed by atoms with Gasteiger partial charge >= 0.3 is 0 Å². The molecule has 3 aliphatic heterocycles. The van der Waals surface area contributed by atoms with Crippen LogP contribution in [0.15, 0.2) is 234 Å². The van der Waals surface area contributed by atoms with Gasteiger partial charge in [-0.05, 0) is 152 Å². The standard InChI is InChI=1S/2C27H32N4O3S.C20H26N4O.C7H7ClO2S/c2*1-22-5-3-4-6-27(22)35(33,34)29(2)16-13-26(32)21-23-7-9-24(10-8-23)30-17-19-31(20-18-30)25-11-14-28-15-12-25;1-21-9-8-20(25)16-17-2-4-18(5-3-17)23-12-14-24(15-13-23)19-6-10-22-11-7-19;1-6-4-2-3-5-7(6)11(8,9)10/h2*3-12,14-15H,13,16-21H2,1-2H3;2-7,10-11,21H,8-9,12-16H2,1H3;2-5H,1H3. The van der Waals surface area contributed by atoms with Gasteiger partial charge in [-0.25, -0.2) is 33.9 Å². The molecule has 0 unspecified atom stereocenters. The Kier molecular flexibility index (Phi) is 29.9. The summed E-state index contributed by atoms with van der Waals surface area (Å²) in [4.78, 5) is 64.2. The van der Waals surface area contributed by atoms with Crippen LogP contribution in [0.4, 0.5) is 34.1 Å². The summed E-state index contributed by atoms with van der Waals surface area (Å²) in [5, 5.41) is 3.02. The summed E-state index contributed by atoms with van der Waals surface area (Å²) in [5.41, 5.74) is 12.2. The molecule has 0 spiro atoms. The van der Waals surface area contributed by atoms with Gasteiger partial charge in [0.25, 0.3) is 9.05 Å². The van der Waals surface area contributed by atoms with Crippen molar-refractivity contribution in [1.82, 2.24) is 28.9 Å². The van der Waals surface area contributed by atoms with Crippen molar-refractivity contribution in [3.8, 4) is 0 Å². The predicted molar refractivity (Wildman–Crippen MR) is 425 cm³/mol. The van der Waals surface area contributed by atoms with Crippen LogP contribution in [0.5, 0.6) is 0 Å². The van der Waals surface area contributed by atoms with Gasteiger partial charge in [0.1, 0.15) is 17.3 Å². The average molecular weight is 1510 g/mol. The Morgan fingerprint density at radius 3 is 0.830 bits per heavy atom. The molecule has 6 aromatic carbocycles. The van der Waals surface area contributed by atoms with Crippen molar-refractivity contribution in [1.29, 1.82) is 0 Å². The molecule has 1 N–H and O–H groups in total. The Balaban J connectivity index is 0.000000173. The minimum atomic E-state index is -3.61. The van der Waals surface area contributed by atoms with Crippen molar-refractivity contribution < 1.29 is 39.6 Å². The Hall–Kier alpha value is -9.40. The number of aromatic nitrogens is 3. The van der Waals surface area contributed by atoms with Gasteiger partial charge in [0, 0.05) is 233 Å². The average Bonchev–Trinajstić information content (AvgIpc) is 0.796. The maximum absolute atomic E-state index is 12.8. The second-order valence-electron chi connectivity index (χ2n) is 26.4. The first-order chi connectivity index (χ1) is 51.0. The zero-order valence-electron chi connectivity index (χ0n) is 61.3. The summed E-state index contributed by atoms with van der Waals surface area (Å²) in [6.45, 7) is 17.9. The second kappa shape index (κ2) is 39.3. The fourth-order valence-corrected chi connectivity index (χ4v) is 16.7. The van der Waals surface area contributed by atoms with Gasteiger partial charge in [-0.3, -0.25) is 29.3 Å². The van der Waals surface area contributed by atoms with E-state index in [9.17, 15) is 39.6 Å². The number of sulfonamides is 2. The number of carbonyl (C=O) groups excluding carboxylic acids is 3. The van der Waals surface area contributed by atoms with E-state index in [1.54, 1.807) is 75.4 Å². The van der Waals surface area contributed by atoms with Crippen LogP contribution in [-0.4, -0.2) is 185 Å². The number of nitrogens with zero attached hydrogens (tertiary/aromatic N) is 11. The van der Waals surface area contributed by atoms with E-state index in [1.807, 2.05) is 105 Å². The Morgan fingerprint density at radius 2 is 0.594 bits per heavy atom. The monoisotopic (exact) mass is 1510 g/mol. The van der Waals surface area contributed by atoms with Gasteiger partial charge in [0.2, 0.25) is 20.0 Å². The lowest BCUT2D eigenvalue weighted by Gasteiger charge is -2.37. The molecule has 3 saturated heterocycles. The number of aryl methyl sites for hydroxylation is 3. The van der Waals surface area contributed by atoms with E-state index in [0.717, 1.165) is 113 Å². The van der Waals surface area contributed by atoms with Gasteiger partial charge in [-0.15, -0.1) is 0 Å². The predicted octanol–water partition coefficient (Wildman–Crippen LogP) is 11.1. The third-order valence-electron chi connectivity index (χ3n) is 19.0. The highest BCUT2D eigenvalue weighted by molar-refractivity contribution is 8.13. The van der Waals surface area contributed by atoms with Crippen LogP contribution in [0.25, 0.3) is 0 Å². The molecule has 25 heteroatoms. The second-order valence-corrected chi connectivity index (χ2v) is 33.0. The highest BCUT2D eigenvalue weighted by atomic mass is 35.7. The quantitative estimate of drug-likeness (QED) is 0.0497. The number of carbonyl (C=O) groups is 3. The number of hydrogen-bond donors (Lipinski definition) is 1. The van der Waals surface area contributed by atoms with Crippen molar-refractivity contribution in [3.63, 3.8) is 0 Å². The summed E-state index contributed by atoms with van der Waals surface area (Å²) >= 11 is 0. The van der Waals surface area contributed by atoms with Crippen LogP contribution in [0.1, 0.15) is 52.6 Å². The van der Waals surface area contributed by atoms with Crippen molar-refractivity contribution in [2.75, 3.05) is 149 Å². The normalized spacial score (nSPS) is 14.1. The molecule has 0 amide bonds. The molecule has 3 fully saturated rings. The molecule has 0 radical (unpaired) electrons. The minimum absolute atomic E-state index is 0.0237. The lowest BCUT2D eigenvalue weighted by molar-refractivity contribution is -0.119. The third-order valence-corrected chi connectivity index (χ3v) is 24.5. The first-order valence-electron chi connectivity index (χ1n) is 35.7. The van der Waals surface area contributed by atoms with Gasteiger partial charge in [-0.2, -0.15) is 0 Å². The molecule has 0 aliphatic carbocycles. The first-order valence-corrected chi connectivity index (χ1v) is 40.9. The zero-order chi connectivity index (χ0) is 75.6. The fraction of sp³-hybridized carbons (Fsp3) is 0.333. The Labute approximate surface area is 631 Å². The molecule has 21 nitrogen and oxygen atoms in total. The van der Waals surface area contributed by atoms with E-state index in [2.05, 4.69) is 110 Å². The molecule has 0 saturated carbocycles. The molecule has 106 heavy (non-hydrogen) atoms. The number of piperazine rings is 3. The van der Waals surface area contributed by atoms with Crippen molar-refractivity contribution in [2.45, 2.75) is 74.0 Å². The maximum atomic E-state index is 12.8. The number of anilines is 6. The summed E-state index contributed by atoms with van der Waals surface area (Å²) in [5.74, 6) is 0.333. The number of rotatable bonds is 26. The van der Waals surface area contributed by atoms with Crippen LogP contribution < -0.4 is 34.7 Å². The molecule has 3 aliphatic rings. The van der Waals surface area contributed by atoms with E-state index >= 15 is 0 Å². The van der Waals surface area contributed by atoms with E-state index in [0.29, 0.717) is 42.4 Å². The minimum Gasteiger partial charge on any atom is -0.368 e. The largest absolute Gasteiger partial charge is 0.368 e. The summed E-state index contributed by atoms with van der Waals surface area (Å²) in [7, 11) is -0.719. The lowest BCUT2D eigenvalue weighted by Crippen LogP contribution is -2.46. The van der Waals surface area contributed by atoms with Crippen molar-refractivity contribution in [2.24, 2.45) is 0 Å². The Bertz CT molecular complexity index is 4430. The van der Waals surface area contributed by atoms with Gasteiger partial charge in [0.15, 0.2) is 0 Å². The molecular formula is C81H97ClN12O9S3. The van der Waals surface area contributed by atoms with Gasteiger partial charge in [0.05, 0.1) is 14.7 Å². The molecule has 560 valence electrons.